The first-order valence-electron chi connectivity index (χ1n) is 7.10. The Morgan fingerprint density at radius 3 is 2.33 bits per heavy atom. The van der Waals surface area contributed by atoms with Crippen molar-refractivity contribution < 1.29 is 9.59 Å². The van der Waals surface area contributed by atoms with Crippen molar-refractivity contribution >= 4 is 17.5 Å². The summed E-state index contributed by atoms with van der Waals surface area (Å²) in [6.07, 6.45) is 2.03. The minimum absolute atomic E-state index is 0.0127. The van der Waals surface area contributed by atoms with Gasteiger partial charge < -0.3 is 16.0 Å². The number of rotatable bonds is 7. The number of amides is 2. The van der Waals surface area contributed by atoms with Crippen molar-refractivity contribution in [2.45, 2.75) is 26.3 Å². The topological polar surface area (TPSA) is 75.4 Å². The molecule has 0 radical (unpaired) electrons. The second kappa shape index (κ2) is 8.21. The zero-order valence-corrected chi connectivity index (χ0v) is 12.6. The van der Waals surface area contributed by atoms with Crippen LogP contribution in [0.4, 0.5) is 5.69 Å². The minimum atomic E-state index is -0.612. The van der Waals surface area contributed by atoms with Gasteiger partial charge >= 0.3 is 0 Å². The number of anilines is 1. The number of hydrogen-bond donors (Lipinski definition) is 2. The van der Waals surface area contributed by atoms with Crippen molar-refractivity contribution in [2.24, 2.45) is 5.73 Å². The molecule has 0 spiro atoms. The summed E-state index contributed by atoms with van der Waals surface area (Å²) in [6.45, 7) is 8.78. The molecule has 0 bridgehead atoms. The molecule has 5 heteroatoms. The van der Waals surface area contributed by atoms with Crippen molar-refractivity contribution in [1.29, 1.82) is 0 Å². The van der Waals surface area contributed by atoms with Gasteiger partial charge in [-0.3, -0.25) is 9.59 Å². The fourth-order valence-corrected chi connectivity index (χ4v) is 1.91. The molecule has 0 aliphatic carbocycles. The van der Waals surface area contributed by atoms with Gasteiger partial charge in [-0.15, -0.1) is 6.58 Å². The molecule has 0 saturated heterocycles. The predicted octanol–water partition coefficient (Wildman–Crippen LogP) is 2.01. The summed E-state index contributed by atoms with van der Waals surface area (Å²) in [5.74, 6) is -0.279. The highest BCUT2D eigenvalue weighted by Gasteiger charge is 2.14. The molecule has 21 heavy (non-hydrogen) atoms. The van der Waals surface area contributed by atoms with Crippen LogP contribution in [0.25, 0.3) is 0 Å². The van der Waals surface area contributed by atoms with E-state index in [1.54, 1.807) is 35.2 Å². The fourth-order valence-electron chi connectivity index (χ4n) is 1.91. The molecule has 0 aromatic heterocycles. The number of benzene rings is 1. The molecule has 1 aromatic carbocycles. The molecule has 0 heterocycles. The third-order valence-corrected chi connectivity index (χ3v) is 3.21. The molecular weight excluding hydrogens is 266 g/mol. The van der Waals surface area contributed by atoms with Crippen LogP contribution in [0.15, 0.2) is 36.9 Å². The average Bonchev–Trinajstić information content (AvgIpc) is 2.49. The highest BCUT2D eigenvalue weighted by Crippen LogP contribution is 2.12. The van der Waals surface area contributed by atoms with Gasteiger partial charge in [0.25, 0.3) is 5.91 Å². The third kappa shape index (κ3) is 4.72. The van der Waals surface area contributed by atoms with E-state index in [0.717, 1.165) is 0 Å². The van der Waals surface area contributed by atoms with Crippen LogP contribution in [0.5, 0.6) is 0 Å². The van der Waals surface area contributed by atoms with Crippen molar-refractivity contribution in [2.75, 3.05) is 18.4 Å². The molecule has 1 rings (SSSR count). The third-order valence-electron chi connectivity index (χ3n) is 3.21. The van der Waals surface area contributed by atoms with E-state index in [4.69, 9.17) is 5.73 Å². The van der Waals surface area contributed by atoms with Gasteiger partial charge in [-0.2, -0.15) is 0 Å². The zero-order valence-electron chi connectivity index (χ0n) is 12.6. The SMILES string of the molecule is C=CCC(N)C(=O)Nc1ccc(C(=O)N(CC)CC)cc1. The molecule has 1 aromatic rings. The van der Waals surface area contributed by atoms with Crippen LogP contribution < -0.4 is 11.1 Å². The number of nitrogens with two attached hydrogens (primary N) is 1. The normalized spacial score (nSPS) is 11.6. The number of carbonyl (C=O) groups is 2. The lowest BCUT2D eigenvalue weighted by molar-refractivity contribution is -0.117. The Morgan fingerprint density at radius 1 is 1.29 bits per heavy atom. The van der Waals surface area contributed by atoms with E-state index in [9.17, 15) is 9.59 Å². The molecule has 3 N–H and O–H groups in total. The second-order valence-electron chi connectivity index (χ2n) is 4.67. The molecule has 0 aliphatic rings. The molecule has 114 valence electrons. The second-order valence-corrected chi connectivity index (χ2v) is 4.67. The van der Waals surface area contributed by atoms with Crippen molar-refractivity contribution in [3.63, 3.8) is 0 Å². The number of nitrogens with zero attached hydrogens (tertiary/aromatic N) is 1. The molecule has 1 unspecified atom stereocenters. The van der Waals surface area contributed by atoms with E-state index in [0.29, 0.717) is 30.8 Å². The Labute approximate surface area is 125 Å². The summed E-state index contributed by atoms with van der Waals surface area (Å²) >= 11 is 0. The summed E-state index contributed by atoms with van der Waals surface area (Å²) in [4.78, 5) is 25.6. The standard InChI is InChI=1S/C16H23N3O2/c1-4-7-14(17)15(20)18-13-10-8-12(9-11-13)16(21)19(5-2)6-3/h4,8-11,14H,1,5-7,17H2,2-3H3,(H,18,20). The molecule has 1 atom stereocenters. The Morgan fingerprint density at radius 2 is 1.86 bits per heavy atom. The first-order valence-corrected chi connectivity index (χ1v) is 7.10. The highest BCUT2D eigenvalue weighted by atomic mass is 16.2. The Kier molecular flexibility index (Phi) is 6.62. The largest absolute Gasteiger partial charge is 0.339 e. The maximum Gasteiger partial charge on any atom is 0.253 e. The van der Waals surface area contributed by atoms with Crippen LogP contribution in [-0.2, 0) is 4.79 Å². The minimum Gasteiger partial charge on any atom is -0.339 e. The molecule has 0 fully saturated rings. The van der Waals surface area contributed by atoms with E-state index in [-0.39, 0.29) is 11.8 Å². The van der Waals surface area contributed by atoms with Gasteiger partial charge in [-0.25, -0.2) is 0 Å². The first kappa shape index (κ1) is 16.9. The van der Waals surface area contributed by atoms with Crippen molar-refractivity contribution in [3.8, 4) is 0 Å². The van der Waals surface area contributed by atoms with Crippen LogP contribution in [0.2, 0.25) is 0 Å². The van der Waals surface area contributed by atoms with E-state index in [1.807, 2.05) is 13.8 Å². The van der Waals surface area contributed by atoms with Crippen LogP contribution in [0, 0.1) is 0 Å². The zero-order chi connectivity index (χ0) is 15.8. The van der Waals surface area contributed by atoms with Crippen LogP contribution in [0.1, 0.15) is 30.6 Å². The highest BCUT2D eigenvalue weighted by molar-refractivity contribution is 5.97. The Bertz CT molecular complexity index is 493. The summed E-state index contributed by atoms with van der Waals surface area (Å²) in [5, 5.41) is 2.71. The van der Waals surface area contributed by atoms with Gasteiger partial charge in [0.05, 0.1) is 6.04 Å². The first-order chi connectivity index (χ1) is 10.0. The smallest absolute Gasteiger partial charge is 0.253 e. The Balaban J connectivity index is 2.72. The molecular formula is C16H23N3O2. The van der Waals surface area contributed by atoms with Crippen molar-refractivity contribution in [1.82, 2.24) is 4.90 Å². The lowest BCUT2D eigenvalue weighted by Gasteiger charge is -2.18. The van der Waals surface area contributed by atoms with Crippen LogP contribution in [0.3, 0.4) is 0 Å². The van der Waals surface area contributed by atoms with Gasteiger partial charge in [0.1, 0.15) is 0 Å². The monoisotopic (exact) mass is 289 g/mol. The average molecular weight is 289 g/mol. The molecule has 2 amide bonds. The lowest BCUT2D eigenvalue weighted by Crippen LogP contribution is -2.35. The summed E-state index contributed by atoms with van der Waals surface area (Å²) in [6, 6.07) is 6.20. The molecule has 0 saturated carbocycles. The fraction of sp³-hybridized carbons (Fsp3) is 0.375. The number of nitrogens with one attached hydrogen (secondary N) is 1. The van der Waals surface area contributed by atoms with Crippen molar-refractivity contribution in [3.05, 3.63) is 42.5 Å². The molecule has 0 aliphatic heterocycles. The summed E-state index contributed by atoms with van der Waals surface area (Å²) < 4.78 is 0. The van der Waals surface area contributed by atoms with Gasteiger partial charge in [-0.1, -0.05) is 6.08 Å². The predicted molar refractivity (Wildman–Crippen MR) is 85.1 cm³/mol. The Hall–Kier alpha value is -2.14. The maximum atomic E-state index is 12.1. The van der Waals surface area contributed by atoms with E-state index < -0.39 is 6.04 Å². The maximum absolute atomic E-state index is 12.1. The van der Waals surface area contributed by atoms with Gasteiger partial charge in [0.15, 0.2) is 0 Å². The summed E-state index contributed by atoms with van der Waals surface area (Å²) in [5.41, 5.74) is 6.91. The molecule has 5 nitrogen and oxygen atoms in total. The number of carbonyl (C=O) groups excluding carboxylic acids is 2. The quantitative estimate of drug-likeness (QED) is 0.754. The van der Waals surface area contributed by atoms with Gasteiger partial charge in [0.2, 0.25) is 5.91 Å². The van der Waals surface area contributed by atoms with Crippen LogP contribution >= 0.6 is 0 Å². The van der Waals surface area contributed by atoms with E-state index in [2.05, 4.69) is 11.9 Å². The summed E-state index contributed by atoms with van der Waals surface area (Å²) in [7, 11) is 0. The van der Waals surface area contributed by atoms with E-state index in [1.165, 1.54) is 0 Å². The van der Waals surface area contributed by atoms with E-state index >= 15 is 0 Å². The lowest BCUT2D eigenvalue weighted by atomic mass is 10.1. The van der Waals surface area contributed by atoms with Gasteiger partial charge in [0, 0.05) is 24.3 Å². The number of hydrogen-bond acceptors (Lipinski definition) is 3. The van der Waals surface area contributed by atoms with Crippen LogP contribution in [-0.4, -0.2) is 35.8 Å². The van der Waals surface area contributed by atoms with Gasteiger partial charge in [-0.05, 0) is 44.5 Å².